The molecule has 0 amide bonds. The monoisotopic (exact) mass is 214 g/mol. The average Bonchev–Trinajstić information content (AvgIpc) is 2.29. The van der Waals surface area contributed by atoms with Crippen molar-refractivity contribution in [2.75, 3.05) is 0 Å². The third kappa shape index (κ3) is 2.06. The zero-order chi connectivity index (χ0) is 11.5. The molecule has 0 aromatic carbocycles. The van der Waals surface area contributed by atoms with Crippen LogP contribution in [0.4, 0.5) is 0 Å². The number of nitrogens with zero attached hydrogens (tertiary/aromatic N) is 2. The summed E-state index contributed by atoms with van der Waals surface area (Å²) in [6, 6.07) is 3.53. The van der Waals surface area contributed by atoms with Crippen molar-refractivity contribution in [3.8, 4) is 11.1 Å². The summed E-state index contributed by atoms with van der Waals surface area (Å²) in [7, 11) is 0. The third-order valence-electron chi connectivity index (χ3n) is 2.19. The van der Waals surface area contributed by atoms with Gasteiger partial charge in [-0.05, 0) is 24.6 Å². The summed E-state index contributed by atoms with van der Waals surface area (Å²) in [4.78, 5) is 18.8. The van der Waals surface area contributed by atoms with Gasteiger partial charge in [-0.3, -0.25) is 9.97 Å². The summed E-state index contributed by atoms with van der Waals surface area (Å²) in [5, 5.41) is 8.86. The molecule has 0 spiro atoms. The van der Waals surface area contributed by atoms with Gasteiger partial charge >= 0.3 is 5.97 Å². The number of carboxylic acids is 1. The van der Waals surface area contributed by atoms with E-state index in [2.05, 4.69) is 9.97 Å². The lowest BCUT2D eigenvalue weighted by Crippen LogP contribution is -1.97. The molecule has 0 saturated heterocycles. The maximum Gasteiger partial charge on any atom is 0.337 e. The molecule has 0 atom stereocenters. The molecule has 4 heteroatoms. The first kappa shape index (κ1) is 10.3. The van der Waals surface area contributed by atoms with Crippen molar-refractivity contribution >= 4 is 5.97 Å². The van der Waals surface area contributed by atoms with Crippen molar-refractivity contribution in [2.24, 2.45) is 0 Å². The van der Waals surface area contributed by atoms with Crippen LogP contribution in [0.5, 0.6) is 0 Å². The number of aryl methyl sites for hydroxylation is 1. The maximum atomic E-state index is 10.8. The van der Waals surface area contributed by atoms with Crippen LogP contribution in [-0.4, -0.2) is 21.0 Å². The Balaban J connectivity index is 2.48. The minimum absolute atomic E-state index is 0.180. The molecule has 4 nitrogen and oxygen atoms in total. The molecule has 16 heavy (non-hydrogen) atoms. The number of rotatable bonds is 2. The first-order valence-electron chi connectivity index (χ1n) is 4.77. The topological polar surface area (TPSA) is 63.1 Å². The molecule has 2 aromatic heterocycles. The number of aromatic carboxylic acids is 1. The highest BCUT2D eigenvalue weighted by atomic mass is 16.4. The molecule has 2 aromatic rings. The number of aromatic nitrogens is 2. The van der Waals surface area contributed by atoms with E-state index in [1.165, 1.54) is 6.20 Å². The lowest BCUT2D eigenvalue weighted by Gasteiger charge is -2.02. The third-order valence-corrected chi connectivity index (χ3v) is 2.19. The van der Waals surface area contributed by atoms with Gasteiger partial charge in [-0.2, -0.15) is 0 Å². The number of pyridine rings is 2. The molecule has 0 aliphatic carbocycles. The second kappa shape index (κ2) is 4.10. The largest absolute Gasteiger partial charge is 0.478 e. The Morgan fingerprint density at radius 3 is 2.31 bits per heavy atom. The second-order valence-corrected chi connectivity index (χ2v) is 3.52. The molecule has 0 fully saturated rings. The fourth-order valence-electron chi connectivity index (χ4n) is 1.43. The highest BCUT2D eigenvalue weighted by Crippen LogP contribution is 2.19. The molecule has 0 unspecified atom stereocenters. The van der Waals surface area contributed by atoms with E-state index in [0.717, 1.165) is 16.7 Å². The van der Waals surface area contributed by atoms with Crippen LogP contribution in [-0.2, 0) is 0 Å². The first-order valence-corrected chi connectivity index (χ1v) is 4.77. The fourth-order valence-corrected chi connectivity index (χ4v) is 1.43. The van der Waals surface area contributed by atoms with E-state index in [1.807, 2.05) is 13.0 Å². The summed E-state index contributed by atoms with van der Waals surface area (Å²) < 4.78 is 0. The van der Waals surface area contributed by atoms with E-state index in [0.29, 0.717) is 0 Å². The zero-order valence-corrected chi connectivity index (χ0v) is 8.71. The highest BCUT2D eigenvalue weighted by Gasteiger charge is 2.05. The van der Waals surface area contributed by atoms with Gasteiger partial charge in [0.2, 0.25) is 0 Å². The van der Waals surface area contributed by atoms with Gasteiger partial charge in [-0.25, -0.2) is 4.79 Å². The summed E-state index contributed by atoms with van der Waals surface area (Å²) >= 11 is 0. The van der Waals surface area contributed by atoms with Crippen molar-refractivity contribution in [2.45, 2.75) is 6.92 Å². The summed E-state index contributed by atoms with van der Waals surface area (Å²) in [5.41, 5.74) is 2.84. The Hall–Kier alpha value is -2.23. The van der Waals surface area contributed by atoms with Crippen molar-refractivity contribution in [3.63, 3.8) is 0 Å². The van der Waals surface area contributed by atoms with Crippen LogP contribution in [0.3, 0.4) is 0 Å². The molecule has 1 N–H and O–H groups in total. The quantitative estimate of drug-likeness (QED) is 0.831. The summed E-state index contributed by atoms with van der Waals surface area (Å²) in [5.74, 6) is -0.977. The van der Waals surface area contributed by atoms with Gasteiger partial charge in [0, 0.05) is 35.9 Å². The number of carboxylic acid groups (broad SMARTS) is 1. The normalized spacial score (nSPS) is 10.1. The minimum atomic E-state index is -0.977. The van der Waals surface area contributed by atoms with Gasteiger partial charge in [0.25, 0.3) is 0 Å². The second-order valence-electron chi connectivity index (χ2n) is 3.52. The molecule has 0 saturated carbocycles. The predicted octanol–water partition coefficient (Wildman–Crippen LogP) is 2.15. The van der Waals surface area contributed by atoms with Crippen LogP contribution < -0.4 is 0 Å². The molecule has 0 aliphatic rings. The van der Waals surface area contributed by atoms with Crippen LogP contribution in [0.2, 0.25) is 0 Å². The van der Waals surface area contributed by atoms with Crippen molar-refractivity contribution in [1.82, 2.24) is 9.97 Å². The molecule has 80 valence electrons. The van der Waals surface area contributed by atoms with E-state index < -0.39 is 5.97 Å². The standard InChI is InChI=1S/C12H10N2O2/c1-8-2-9(5-13-4-8)10-3-11(12(15)16)7-14-6-10/h2-7H,1H3,(H,15,16). The van der Waals surface area contributed by atoms with E-state index in [9.17, 15) is 4.79 Å². The summed E-state index contributed by atoms with van der Waals surface area (Å²) in [6.45, 7) is 1.94. The highest BCUT2D eigenvalue weighted by molar-refractivity contribution is 5.88. The number of carbonyl (C=O) groups is 1. The Bertz CT molecular complexity index is 538. The molecule has 2 heterocycles. The lowest BCUT2D eigenvalue weighted by atomic mass is 10.1. The van der Waals surface area contributed by atoms with Crippen LogP contribution in [0, 0.1) is 6.92 Å². The fraction of sp³-hybridized carbons (Fsp3) is 0.0833. The van der Waals surface area contributed by atoms with Crippen molar-refractivity contribution in [1.29, 1.82) is 0 Å². The SMILES string of the molecule is Cc1cncc(-c2cncc(C(=O)O)c2)c1. The number of hydrogen-bond acceptors (Lipinski definition) is 3. The van der Waals surface area contributed by atoms with Gasteiger partial charge in [-0.1, -0.05) is 0 Å². The molecule has 0 aliphatic heterocycles. The van der Waals surface area contributed by atoms with E-state index in [-0.39, 0.29) is 5.56 Å². The Morgan fingerprint density at radius 2 is 1.69 bits per heavy atom. The lowest BCUT2D eigenvalue weighted by molar-refractivity contribution is 0.0696. The Kier molecular flexibility index (Phi) is 2.64. The average molecular weight is 214 g/mol. The number of hydrogen-bond donors (Lipinski definition) is 1. The van der Waals surface area contributed by atoms with Gasteiger partial charge in [-0.15, -0.1) is 0 Å². The van der Waals surface area contributed by atoms with Crippen molar-refractivity contribution in [3.05, 3.63) is 48.0 Å². The first-order chi connectivity index (χ1) is 7.66. The van der Waals surface area contributed by atoms with Crippen molar-refractivity contribution < 1.29 is 9.90 Å². The molecule has 0 bridgehead atoms. The maximum absolute atomic E-state index is 10.8. The van der Waals surface area contributed by atoms with Gasteiger partial charge in [0.1, 0.15) is 0 Å². The summed E-state index contributed by atoms with van der Waals surface area (Å²) in [6.07, 6.45) is 6.39. The Labute approximate surface area is 92.6 Å². The minimum Gasteiger partial charge on any atom is -0.478 e. The van der Waals surface area contributed by atoms with E-state index in [4.69, 9.17) is 5.11 Å². The van der Waals surface area contributed by atoms with Gasteiger partial charge < -0.3 is 5.11 Å². The zero-order valence-electron chi connectivity index (χ0n) is 8.71. The molecular weight excluding hydrogens is 204 g/mol. The van der Waals surface area contributed by atoms with Crippen LogP contribution in [0.1, 0.15) is 15.9 Å². The van der Waals surface area contributed by atoms with Crippen LogP contribution in [0.25, 0.3) is 11.1 Å². The van der Waals surface area contributed by atoms with Crippen LogP contribution >= 0.6 is 0 Å². The van der Waals surface area contributed by atoms with Gasteiger partial charge in [0.15, 0.2) is 0 Å². The van der Waals surface area contributed by atoms with Gasteiger partial charge in [0.05, 0.1) is 5.56 Å². The Morgan fingerprint density at radius 1 is 1.06 bits per heavy atom. The molecular formula is C12H10N2O2. The smallest absolute Gasteiger partial charge is 0.337 e. The van der Waals surface area contributed by atoms with E-state index in [1.54, 1.807) is 24.7 Å². The predicted molar refractivity (Wildman–Crippen MR) is 59.2 cm³/mol. The van der Waals surface area contributed by atoms with Crippen LogP contribution in [0.15, 0.2) is 36.9 Å². The van der Waals surface area contributed by atoms with E-state index >= 15 is 0 Å². The molecule has 2 rings (SSSR count). The molecule has 0 radical (unpaired) electrons.